The number of aryl methyl sites for hydroxylation is 1. The van der Waals surface area contributed by atoms with Gasteiger partial charge in [-0.25, -0.2) is 4.98 Å². The molecule has 1 aromatic heterocycles. The van der Waals surface area contributed by atoms with Gasteiger partial charge in [0.1, 0.15) is 5.01 Å². The Hall–Kier alpha value is -2.08. The molecule has 0 fully saturated rings. The van der Waals surface area contributed by atoms with Crippen molar-refractivity contribution in [1.82, 2.24) is 4.98 Å². The van der Waals surface area contributed by atoms with Crippen LogP contribution in [0.3, 0.4) is 0 Å². The summed E-state index contributed by atoms with van der Waals surface area (Å²) in [6, 6.07) is 5.63. The smallest absolute Gasteiger partial charge is 0.312 e. The lowest BCUT2D eigenvalue weighted by molar-refractivity contribution is -0.139. The second-order valence-corrected chi connectivity index (χ2v) is 6.26. The van der Waals surface area contributed by atoms with E-state index in [1.165, 1.54) is 0 Å². The van der Waals surface area contributed by atoms with Crippen LogP contribution in [-0.4, -0.2) is 30.3 Å². The molecule has 116 valence electrons. The van der Waals surface area contributed by atoms with Crippen molar-refractivity contribution < 1.29 is 19.4 Å². The van der Waals surface area contributed by atoms with Gasteiger partial charge in [0.05, 0.1) is 25.8 Å². The number of carbonyl (C=O) groups is 1. The number of hydrogen-bond donors (Lipinski definition) is 1. The normalized spacial score (nSPS) is 16.9. The van der Waals surface area contributed by atoms with Crippen molar-refractivity contribution in [2.24, 2.45) is 0 Å². The average Bonchev–Trinajstić information content (AvgIpc) is 2.97. The second-order valence-electron chi connectivity index (χ2n) is 5.18. The van der Waals surface area contributed by atoms with Crippen LogP contribution in [-0.2, 0) is 11.2 Å². The Kier molecular flexibility index (Phi) is 4.02. The highest BCUT2D eigenvalue weighted by atomic mass is 32.1. The summed E-state index contributed by atoms with van der Waals surface area (Å²) in [4.78, 5) is 17.1. The van der Waals surface area contributed by atoms with Gasteiger partial charge in [0.25, 0.3) is 0 Å². The number of ether oxygens (including phenoxy) is 2. The van der Waals surface area contributed by atoms with E-state index in [0.717, 1.165) is 34.0 Å². The standard InChI is InChI=1S/C16H17NO4S/c1-20-11-7-6-9(8-12(11)21-2)15-17-14-10(16(18)19)4-3-5-13(14)22-15/h6-8,10H,3-5H2,1-2H3,(H,18,19). The highest BCUT2D eigenvalue weighted by Crippen LogP contribution is 2.40. The van der Waals surface area contributed by atoms with Crippen LogP contribution in [0, 0.1) is 0 Å². The number of aromatic nitrogens is 1. The highest BCUT2D eigenvalue weighted by Gasteiger charge is 2.30. The first-order valence-electron chi connectivity index (χ1n) is 7.09. The molecule has 22 heavy (non-hydrogen) atoms. The minimum Gasteiger partial charge on any atom is -0.493 e. The second kappa shape index (κ2) is 5.96. The maximum atomic E-state index is 11.4. The molecular formula is C16H17NO4S. The van der Waals surface area contributed by atoms with Crippen molar-refractivity contribution in [1.29, 1.82) is 0 Å². The number of hydrogen-bond acceptors (Lipinski definition) is 5. The largest absolute Gasteiger partial charge is 0.493 e. The van der Waals surface area contributed by atoms with Crippen molar-refractivity contribution >= 4 is 17.3 Å². The lowest BCUT2D eigenvalue weighted by atomic mass is 9.91. The number of benzene rings is 1. The van der Waals surface area contributed by atoms with Crippen LogP contribution in [0.1, 0.15) is 29.3 Å². The van der Waals surface area contributed by atoms with Crippen LogP contribution in [0.5, 0.6) is 11.5 Å². The molecule has 0 aliphatic heterocycles. The molecule has 0 bridgehead atoms. The Bertz CT molecular complexity index is 710. The van der Waals surface area contributed by atoms with Gasteiger partial charge in [-0.1, -0.05) is 0 Å². The Balaban J connectivity index is 2.01. The number of carboxylic acids is 1. The summed E-state index contributed by atoms with van der Waals surface area (Å²) in [5.74, 6) is 0.0398. The van der Waals surface area contributed by atoms with Crippen LogP contribution in [0.15, 0.2) is 18.2 Å². The van der Waals surface area contributed by atoms with Crippen LogP contribution in [0.2, 0.25) is 0 Å². The third-order valence-corrected chi connectivity index (χ3v) is 5.06. The first-order valence-corrected chi connectivity index (χ1v) is 7.90. The van der Waals surface area contributed by atoms with Crippen molar-refractivity contribution in [3.63, 3.8) is 0 Å². The number of thiazole rings is 1. The summed E-state index contributed by atoms with van der Waals surface area (Å²) in [5.41, 5.74) is 1.65. The molecule has 0 radical (unpaired) electrons. The van der Waals surface area contributed by atoms with Gasteiger partial charge in [-0.15, -0.1) is 11.3 Å². The summed E-state index contributed by atoms with van der Waals surface area (Å²) in [6.07, 6.45) is 2.47. The molecule has 0 amide bonds. The number of nitrogens with zero attached hydrogens (tertiary/aromatic N) is 1. The van der Waals surface area contributed by atoms with E-state index in [-0.39, 0.29) is 0 Å². The fraction of sp³-hybridized carbons (Fsp3) is 0.375. The number of rotatable bonds is 4. The van der Waals surface area contributed by atoms with Crippen LogP contribution >= 0.6 is 11.3 Å². The van der Waals surface area contributed by atoms with E-state index >= 15 is 0 Å². The molecule has 0 spiro atoms. The maximum Gasteiger partial charge on any atom is 0.312 e. The predicted octanol–water partition coefficient (Wildman–Crippen LogP) is 3.33. The molecular weight excluding hydrogens is 302 g/mol. The summed E-state index contributed by atoms with van der Waals surface area (Å²) in [7, 11) is 3.19. The van der Waals surface area contributed by atoms with Crippen LogP contribution in [0.4, 0.5) is 0 Å². The van der Waals surface area contributed by atoms with Gasteiger partial charge in [0.15, 0.2) is 11.5 Å². The van der Waals surface area contributed by atoms with Gasteiger partial charge in [-0.2, -0.15) is 0 Å². The Labute approximate surface area is 132 Å². The summed E-state index contributed by atoms with van der Waals surface area (Å²) >= 11 is 1.57. The molecule has 1 aliphatic rings. The quantitative estimate of drug-likeness (QED) is 0.936. The first-order chi connectivity index (χ1) is 10.6. The zero-order valence-corrected chi connectivity index (χ0v) is 13.3. The molecule has 0 saturated heterocycles. The minimum absolute atomic E-state index is 0.478. The summed E-state index contributed by atoms with van der Waals surface area (Å²) < 4.78 is 10.6. The van der Waals surface area contributed by atoms with Gasteiger partial charge in [0, 0.05) is 10.4 Å². The Morgan fingerprint density at radius 1 is 1.32 bits per heavy atom. The van der Waals surface area contributed by atoms with E-state index in [9.17, 15) is 9.90 Å². The molecule has 2 aromatic rings. The molecule has 1 heterocycles. The molecule has 6 heteroatoms. The third-order valence-electron chi connectivity index (χ3n) is 3.88. The van der Waals surface area contributed by atoms with E-state index in [0.29, 0.717) is 17.9 Å². The zero-order chi connectivity index (χ0) is 15.7. The SMILES string of the molecule is COc1ccc(-c2nc3c(s2)CCCC3C(=O)O)cc1OC. The highest BCUT2D eigenvalue weighted by molar-refractivity contribution is 7.15. The molecule has 0 saturated carbocycles. The van der Waals surface area contributed by atoms with Gasteiger partial charge >= 0.3 is 5.97 Å². The molecule has 1 aliphatic carbocycles. The minimum atomic E-state index is -0.787. The van der Waals surface area contributed by atoms with Crippen molar-refractivity contribution in [3.8, 4) is 22.1 Å². The molecule has 1 atom stereocenters. The first kappa shape index (κ1) is 14.8. The number of aliphatic carboxylic acids is 1. The lowest BCUT2D eigenvalue weighted by Gasteiger charge is -2.16. The summed E-state index contributed by atoms with van der Waals surface area (Å²) in [6.45, 7) is 0. The van der Waals surface area contributed by atoms with Gasteiger partial charge in [-0.05, 0) is 37.5 Å². The Morgan fingerprint density at radius 2 is 2.09 bits per heavy atom. The Morgan fingerprint density at radius 3 is 2.77 bits per heavy atom. The predicted molar refractivity (Wildman–Crippen MR) is 84.0 cm³/mol. The monoisotopic (exact) mass is 319 g/mol. The number of methoxy groups -OCH3 is 2. The van der Waals surface area contributed by atoms with E-state index in [1.807, 2.05) is 18.2 Å². The molecule has 1 aromatic carbocycles. The van der Waals surface area contributed by atoms with Crippen molar-refractivity contribution in [3.05, 3.63) is 28.8 Å². The third kappa shape index (κ3) is 2.54. The van der Waals surface area contributed by atoms with Crippen molar-refractivity contribution in [2.45, 2.75) is 25.2 Å². The average molecular weight is 319 g/mol. The molecule has 1 unspecified atom stereocenters. The number of carboxylic acid groups (broad SMARTS) is 1. The molecule has 5 nitrogen and oxygen atoms in total. The van der Waals surface area contributed by atoms with E-state index in [1.54, 1.807) is 25.6 Å². The fourth-order valence-electron chi connectivity index (χ4n) is 2.75. The molecule has 3 rings (SSSR count). The zero-order valence-electron chi connectivity index (χ0n) is 12.5. The van der Waals surface area contributed by atoms with E-state index in [2.05, 4.69) is 4.98 Å². The van der Waals surface area contributed by atoms with Gasteiger partial charge < -0.3 is 14.6 Å². The fourth-order valence-corrected chi connectivity index (χ4v) is 3.91. The topological polar surface area (TPSA) is 68.7 Å². The van der Waals surface area contributed by atoms with E-state index in [4.69, 9.17) is 9.47 Å². The van der Waals surface area contributed by atoms with Crippen LogP contribution < -0.4 is 9.47 Å². The van der Waals surface area contributed by atoms with Crippen molar-refractivity contribution in [2.75, 3.05) is 14.2 Å². The molecule has 1 N–H and O–H groups in total. The van der Waals surface area contributed by atoms with Gasteiger partial charge in [-0.3, -0.25) is 4.79 Å². The van der Waals surface area contributed by atoms with Gasteiger partial charge in [0.2, 0.25) is 0 Å². The lowest BCUT2D eigenvalue weighted by Crippen LogP contribution is -2.17. The number of fused-ring (bicyclic) bond motifs is 1. The van der Waals surface area contributed by atoms with E-state index < -0.39 is 11.9 Å². The van der Waals surface area contributed by atoms with Crippen LogP contribution in [0.25, 0.3) is 10.6 Å². The maximum absolute atomic E-state index is 11.4. The summed E-state index contributed by atoms with van der Waals surface area (Å²) in [5, 5.41) is 10.2.